The Hall–Kier alpha value is -1.19. The monoisotopic (exact) mass is 392 g/mol. The van der Waals surface area contributed by atoms with E-state index in [9.17, 15) is 4.39 Å². The van der Waals surface area contributed by atoms with Crippen molar-refractivity contribution in [1.82, 2.24) is 0 Å². The fourth-order valence-corrected chi connectivity index (χ4v) is 3.40. The van der Waals surface area contributed by atoms with Crippen LogP contribution in [0.25, 0.3) is 10.8 Å². The molecule has 0 nitrogen and oxygen atoms in total. The zero-order valence-corrected chi connectivity index (χ0v) is 13.7. The van der Waals surface area contributed by atoms with Gasteiger partial charge < -0.3 is 0 Å². The second-order valence-corrected chi connectivity index (χ2v) is 6.37. The van der Waals surface area contributed by atoms with Gasteiger partial charge in [0, 0.05) is 0 Å². The molecule has 3 aromatic carbocycles. The summed E-state index contributed by atoms with van der Waals surface area (Å²) in [4.78, 5) is 0.0329. The van der Waals surface area contributed by atoms with Crippen LogP contribution in [0.15, 0.2) is 65.1 Å². The van der Waals surface area contributed by atoms with E-state index in [1.165, 1.54) is 22.4 Å². The van der Waals surface area contributed by atoms with Crippen molar-refractivity contribution in [3.63, 3.8) is 0 Å². The van der Waals surface area contributed by atoms with Crippen molar-refractivity contribution in [2.75, 3.05) is 0 Å². The summed E-state index contributed by atoms with van der Waals surface area (Å²) in [5, 5.41) is 2.41. The fourth-order valence-electron chi connectivity index (χ4n) is 2.32. The summed E-state index contributed by atoms with van der Waals surface area (Å²) in [6.07, 6.45) is 0. The summed E-state index contributed by atoms with van der Waals surface area (Å²) in [5.74, 6) is -0.244. The van der Waals surface area contributed by atoms with Crippen molar-refractivity contribution < 1.29 is 4.39 Å². The molecule has 0 saturated heterocycles. The average Bonchev–Trinajstić information content (AvgIpc) is 2.49. The first-order valence-corrected chi connectivity index (χ1v) is 7.94. The third-order valence-corrected chi connectivity index (χ3v) is 4.96. The zero-order chi connectivity index (χ0) is 14.1. The molecule has 3 aromatic rings. The molecule has 0 aromatic heterocycles. The molecule has 1 atom stereocenters. The van der Waals surface area contributed by atoms with E-state index in [1.807, 2.05) is 24.3 Å². The Kier molecular flexibility index (Phi) is 3.90. The SMILES string of the molecule is Fc1ccc(C(Br)c2cccc3ccccc23)cc1Br. The van der Waals surface area contributed by atoms with Crippen LogP contribution in [-0.2, 0) is 0 Å². The average molecular weight is 394 g/mol. The highest BCUT2D eigenvalue weighted by Crippen LogP contribution is 2.36. The molecule has 0 N–H and O–H groups in total. The lowest BCUT2D eigenvalue weighted by atomic mass is 9.98. The number of hydrogen-bond donors (Lipinski definition) is 0. The van der Waals surface area contributed by atoms with E-state index >= 15 is 0 Å². The first-order chi connectivity index (χ1) is 9.66. The molecule has 0 heterocycles. The van der Waals surface area contributed by atoms with E-state index in [-0.39, 0.29) is 10.6 Å². The summed E-state index contributed by atoms with van der Waals surface area (Å²) in [5.41, 5.74) is 2.20. The minimum atomic E-state index is -0.244. The van der Waals surface area contributed by atoms with E-state index in [4.69, 9.17) is 0 Å². The third-order valence-electron chi connectivity index (χ3n) is 3.33. The summed E-state index contributed by atoms with van der Waals surface area (Å²) in [7, 11) is 0. The Morgan fingerprint density at radius 3 is 2.45 bits per heavy atom. The van der Waals surface area contributed by atoms with Crippen LogP contribution in [0.2, 0.25) is 0 Å². The number of fused-ring (bicyclic) bond motifs is 1. The van der Waals surface area contributed by atoms with Gasteiger partial charge in [0.25, 0.3) is 0 Å². The van der Waals surface area contributed by atoms with Crippen LogP contribution < -0.4 is 0 Å². The normalized spacial score (nSPS) is 12.6. The van der Waals surface area contributed by atoms with Gasteiger partial charge in [0.05, 0.1) is 9.30 Å². The molecule has 0 fully saturated rings. The molecule has 0 saturated carbocycles. The highest BCUT2D eigenvalue weighted by atomic mass is 79.9. The standard InChI is InChI=1S/C17H11Br2F/c18-15-10-12(8-9-16(15)20)17(19)14-7-3-5-11-4-1-2-6-13(11)14/h1-10,17H. The Morgan fingerprint density at radius 1 is 0.900 bits per heavy atom. The molecular weight excluding hydrogens is 383 g/mol. The van der Waals surface area contributed by atoms with Crippen molar-refractivity contribution in [2.24, 2.45) is 0 Å². The molecular formula is C17H11Br2F. The minimum absolute atomic E-state index is 0.0329. The van der Waals surface area contributed by atoms with E-state index in [0.717, 1.165) is 5.56 Å². The van der Waals surface area contributed by atoms with Gasteiger partial charge >= 0.3 is 0 Å². The fraction of sp³-hybridized carbons (Fsp3) is 0.0588. The molecule has 0 radical (unpaired) electrons. The van der Waals surface area contributed by atoms with Gasteiger partial charge in [-0.15, -0.1) is 0 Å². The summed E-state index contributed by atoms with van der Waals surface area (Å²) < 4.78 is 13.8. The molecule has 100 valence electrons. The predicted molar refractivity (Wildman–Crippen MR) is 88.8 cm³/mol. The van der Waals surface area contributed by atoms with Gasteiger partial charge in [0.2, 0.25) is 0 Å². The van der Waals surface area contributed by atoms with Gasteiger partial charge in [-0.05, 0) is 50.0 Å². The quantitative estimate of drug-likeness (QED) is 0.453. The molecule has 0 aliphatic carbocycles. The van der Waals surface area contributed by atoms with E-state index in [1.54, 1.807) is 6.07 Å². The number of benzene rings is 3. The second-order valence-electron chi connectivity index (χ2n) is 4.60. The summed E-state index contributed by atoms with van der Waals surface area (Å²) in [6.45, 7) is 0. The Bertz CT molecular complexity index is 763. The maximum Gasteiger partial charge on any atom is 0.137 e. The van der Waals surface area contributed by atoms with Gasteiger partial charge in [0.15, 0.2) is 0 Å². The predicted octanol–water partition coefficient (Wildman–Crippen LogP) is 6.23. The van der Waals surface area contributed by atoms with Gasteiger partial charge in [-0.1, -0.05) is 64.5 Å². The first kappa shape index (κ1) is 13.8. The molecule has 0 amide bonds. The highest BCUT2D eigenvalue weighted by Gasteiger charge is 2.14. The summed E-state index contributed by atoms with van der Waals surface area (Å²) >= 11 is 6.97. The first-order valence-electron chi connectivity index (χ1n) is 6.23. The van der Waals surface area contributed by atoms with Gasteiger partial charge in [-0.2, -0.15) is 0 Å². The third kappa shape index (κ3) is 2.52. The molecule has 1 unspecified atom stereocenters. The van der Waals surface area contributed by atoms with Crippen molar-refractivity contribution in [2.45, 2.75) is 4.83 Å². The molecule has 3 heteroatoms. The molecule has 20 heavy (non-hydrogen) atoms. The number of halogens is 3. The highest BCUT2D eigenvalue weighted by molar-refractivity contribution is 9.10. The Labute approximate surface area is 133 Å². The van der Waals surface area contributed by atoms with E-state index in [2.05, 4.69) is 56.1 Å². The zero-order valence-electron chi connectivity index (χ0n) is 10.5. The Balaban J connectivity index is 2.12. The second kappa shape index (κ2) is 5.66. The van der Waals surface area contributed by atoms with Crippen LogP contribution in [0.1, 0.15) is 16.0 Å². The number of hydrogen-bond acceptors (Lipinski definition) is 0. The largest absolute Gasteiger partial charge is 0.206 e. The minimum Gasteiger partial charge on any atom is -0.206 e. The lowest BCUT2D eigenvalue weighted by Gasteiger charge is -2.14. The van der Waals surface area contributed by atoms with Crippen LogP contribution in [-0.4, -0.2) is 0 Å². The van der Waals surface area contributed by atoms with Crippen LogP contribution in [0, 0.1) is 5.82 Å². The van der Waals surface area contributed by atoms with E-state index < -0.39 is 0 Å². The lowest BCUT2D eigenvalue weighted by Crippen LogP contribution is -1.95. The maximum absolute atomic E-state index is 13.4. The maximum atomic E-state index is 13.4. The van der Waals surface area contributed by atoms with Crippen molar-refractivity contribution in [3.05, 3.63) is 82.1 Å². The van der Waals surface area contributed by atoms with Gasteiger partial charge in [0.1, 0.15) is 5.82 Å². The van der Waals surface area contributed by atoms with Gasteiger partial charge in [-0.3, -0.25) is 0 Å². The molecule has 3 rings (SSSR count). The smallest absolute Gasteiger partial charge is 0.137 e. The van der Waals surface area contributed by atoms with Gasteiger partial charge in [-0.25, -0.2) is 4.39 Å². The van der Waals surface area contributed by atoms with E-state index in [0.29, 0.717) is 4.47 Å². The van der Waals surface area contributed by atoms with Crippen molar-refractivity contribution in [1.29, 1.82) is 0 Å². The van der Waals surface area contributed by atoms with Crippen LogP contribution in [0.3, 0.4) is 0 Å². The lowest BCUT2D eigenvalue weighted by molar-refractivity contribution is 0.620. The number of rotatable bonds is 2. The molecule has 0 spiro atoms. The van der Waals surface area contributed by atoms with Crippen LogP contribution in [0.4, 0.5) is 4.39 Å². The van der Waals surface area contributed by atoms with Crippen LogP contribution >= 0.6 is 31.9 Å². The molecule has 0 aliphatic rings. The topological polar surface area (TPSA) is 0 Å². The Morgan fingerprint density at radius 2 is 1.65 bits per heavy atom. The molecule has 0 bridgehead atoms. The van der Waals surface area contributed by atoms with Crippen molar-refractivity contribution in [3.8, 4) is 0 Å². The molecule has 0 aliphatic heterocycles. The summed E-state index contributed by atoms with van der Waals surface area (Å²) in [6, 6.07) is 19.6. The van der Waals surface area contributed by atoms with Crippen molar-refractivity contribution >= 4 is 42.6 Å². The van der Waals surface area contributed by atoms with Crippen LogP contribution in [0.5, 0.6) is 0 Å². The number of alkyl halides is 1.